The molecule has 4 aromatic rings. The van der Waals surface area contributed by atoms with Crippen LogP contribution in [0.5, 0.6) is 0 Å². The summed E-state index contributed by atoms with van der Waals surface area (Å²) >= 11 is 0. The summed E-state index contributed by atoms with van der Waals surface area (Å²) in [4.78, 5) is 42.9. The smallest absolute Gasteiger partial charge is 0.258 e. The fourth-order valence-electron chi connectivity index (χ4n) is 4.13. The minimum absolute atomic E-state index is 0.163. The fourth-order valence-corrected chi connectivity index (χ4v) is 4.13. The van der Waals surface area contributed by atoms with Crippen LogP contribution in [0.3, 0.4) is 0 Å². The molecule has 0 aliphatic carbocycles. The van der Waals surface area contributed by atoms with Crippen molar-refractivity contribution >= 4 is 45.5 Å². The van der Waals surface area contributed by atoms with Crippen molar-refractivity contribution in [3.63, 3.8) is 0 Å². The zero-order valence-corrected chi connectivity index (χ0v) is 21.1. The maximum atomic E-state index is 11.3. The Bertz CT molecular complexity index is 1770. The van der Waals surface area contributed by atoms with Crippen molar-refractivity contribution in [2.75, 3.05) is 10.1 Å². The van der Waals surface area contributed by atoms with Crippen molar-refractivity contribution in [3.8, 4) is 0 Å². The van der Waals surface area contributed by atoms with Crippen molar-refractivity contribution in [3.05, 3.63) is 149 Å². The standard InChI is InChI=1S/C26H16N8O8/c35-31(36)21-5-1-17(2-6-21)25-26(18-3-7-22(8-4-18)32(37)38)29(19-9-13-23(14-10-19)33(39)40)30(28-27-25)20-11-15-24(16-12-20)34(41)42/h1-16H. The third kappa shape index (κ3) is 5.17. The van der Waals surface area contributed by atoms with Crippen molar-refractivity contribution in [1.29, 1.82) is 0 Å². The normalized spacial score (nSPS) is 12.8. The van der Waals surface area contributed by atoms with Crippen molar-refractivity contribution in [1.82, 2.24) is 0 Å². The second-order valence-corrected chi connectivity index (χ2v) is 8.64. The highest BCUT2D eigenvalue weighted by molar-refractivity contribution is 5.99. The summed E-state index contributed by atoms with van der Waals surface area (Å²) in [5.74, 6) is 0. The third-order valence-corrected chi connectivity index (χ3v) is 6.15. The van der Waals surface area contributed by atoms with E-state index in [2.05, 4.69) is 10.3 Å². The summed E-state index contributed by atoms with van der Waals surface area (Å²) in [6.07, 6.45) is 0. The monoisotopic (exact) mass is 568 g/mol. The molecular weight excluding hydrogens is 552 g/mol. The minimum atomic E-state index is -0.566. The Labute approximate surface area is 234 Å². The maximum Gasteiger partial charge on any atom is 0.269 e. The van der Waals surface area contributed by atoms with Gasteiger partial charge in [0.05, 0.1) is 31.1 Å². The highest BCUT2D eigenvalue weighted by Crippen LogP contribution is 2.41. The lowest BCUT2D eigenvalue weighted by Crippen LogP contribution is -2.40. The number of non-ortho nitro benzene ring substituents is 4. The van der Waals surface area contributed by atoms with Crippen LogP contribution in [0.1, 0.15) is 11.1 Å². The van der Waals surface area contributed by atoms with E-state index in [1.54, 1.807) is 0 Å². The molecule has 0 amide bonds. The molecule has 1 heterocycles. The van der Waals surface area contributed by atoms with Crippen molar-refractivity contribution in [2.24, 2.45) is 10.3 Å². The predicted octanol–water partition coefficient (Wildman–Crippen LogP) is 6.45. The Kier molecular flexibility index (Phi) is 7.00. The first kappa shape index (κ1) is 27.0. The van der Waals surface area contributed by atoms with Gasteiger partial charge in [0.15, 0.2) is 0 Å². The molecule has 0 fully saturated rings. The first-order chi connectivity index (χ1) is 20.1. The molecule has 208 valence electrons. The number of nitrogens with zero attached hydrogens (tertiary/aromatic N) is 8. The van der Waals surface area contributed by atoms with Crippen molar-refractivity contribution < 1.29 is 19.7 Å². The van der Waals surface area contributed by atoms with Gasteiger partial charge in [-0.1, -0.05) is 0 Å². The van der Waals surface area contributed by atoms with Crippen molar-refractivity contribution in [2.45, 2.75) is 0 Å². The van der Waals surface area contributed by atoms with Crippen LogP contribution < -0.4 is 10.1 Å². The summed E-state index contributed by atoms with van der Waals surface area (Å²) in [5.41, 5.74) is 1.33. The van der Waals surface area contributed by atoms with E-state index < -0.39 is 19.7 Å². The molecule has 0 unspecified atom stereocenters. The number of hydrazine groups is 1. The van der Waals surface area contributed by atoms with E-state index >= 15 is 0 Å². The second kappa shape index (κ2) is 10.9. The molecule has 0 aromatic heterocycles. The van der Waals surface area contributed by atoms with Crippen LogP contribution in [0.25, 0.3) is 11.4 Å². The van der Waals surface area contributed by atoms with E-state index in [0.29, 0.717) is 28.2 Å². The number of benzene rings is 4. The molecule has 0 saturated carbocycles. The van der Waals surface area contributed by atoms with Gasteiger partial charge in [-0.05, 0) is 53.8 Å². The summed E-state index contributed by atoms with van der Waals surface area (Å²) in [6.45, 7) is 0. The van der Waals surface area contributed by atoms with Crippen LogP contribution in [0, 0.1) is 40.5 Å². The molecule has 5 rings (SSSR count). The lowest BCUT2D eigenvalue weighted by molar-refractivity contribution is -0.385. The van der Waals surface area contributed by atoms with Crippen LogP contribution in [0.4, 0.5) is 34.1 Å². The number of hydrogen-bond acceptors (Lipinski definition) is 12. The molecule has 16 nitrogen and oxygen atoms in total. The summed E-state index contributed by atoms with van der Waals surface area (Å²) in [6, 6.07) is 21.9. The zero-order valence-electron chi connectivity index (χ0n) is 21.1. The lowest BCUT2D eigenvalue weighted by Gasteiger charge is -2.38. The van der Waals surface area contributed by atoms with Gasteiger partial charge in [-0.2, -0.15) is 0 Å². The third-order valence-electron chi connectivity index (χ3n) is 6.15. The lowest BCUT2D eigenvalue weighted by atomic mass is 10.0. The van der Waals surface area contributed by atoms with Gasteiger partial charge in [0, 0.05) is 59.7 Å². The molecule has 0 saturated heterocycles. The van der Waals surface area contributed by atoms with Crippen LogP contribution in [-0.4, -0.2) is 19.7 Å². The Morgan fingerprint density at radius 3 is 1.24 bits per heavy atom. The van der Waals surface area contributed by atoms with Gasteiger partial charge in [-0.15, -0.1) is 10.2 Å². The molecule has 16 heteroatoms. The van der Waals surface area contributed by atoms with E-state index in [-0.39, 0.29) is 28.4 Å². The van der Waals surface area contributed by atoms with Gasteiger partial charge in [-0.25, -0.2) is 5.01 Å². The molecule has 1 aliphatic heterocycles. The Morgan fingerprint density at radius 2 is 0.833 bits per heavy atom. The highest BCUT2D eigenvalue weighted by atomic mass is 16.6. The fraction of sp³-hybridized carbons (Fsp3) is 0. The van der Waals surface area contributed by atoms with Crippen LogP contribution >= 0.6 is 0 Å². The number of hydrogen-bond donors (Lipinski definition) is 0. The molecule has 0 bridgehead atoms. The van der Waals surface area contributed by atoms with E-state index in [9.17, 15) is 40.5 Å². The molecule has 0 radical (unpaired) electrons. The topological polar surface area (TPSA) is 204 Å². The molecule has 0 atom stereocenters. The van der Waals surface area contributed by atoms with Gasteiger partial charge in [0.25, 0.3) is 22.7 Å². The van der Waals surface area contributed by atoms with Crippen LogP contribution in [0.2, 0.25) is 0 Å². The Morgan fingerprint density at radius 1 is 0.476 bits per heavy atom. The number of rotatable bonds is 8. The quantitative estimate of drug-likeness (QED) is 0.168. The summed E-state index contributed by atoms with van der Waals surface area (Å²) in [5, 5.41) is 56.6. The minimum Gasteiger partial charge on any atom is -0.258 e. The van der Waals surface area contributed by atoms with E-state index in [1.807, 2.05) is 0 Å². The van der Waals surface area contributed by atoms with E-state index in [1.165, 1.54) is 107 Å². The Hall–Kier alpha value is -6.58. The van der Waals surface area contributed by atoms with Crippen LogP contribution in [0.15, 0.2) is 107 Å². The molecule has 4 aromatic carbocycles. The molecule has 0 spiro atoms. The van der Waals surface area contributed by atoms with Gasteiger partial charge >= 0.3 is 0 Å². The SMILES string of the molecule is O=[N+]([O-])c1ccc(C2=C(c3ccc([N+](=O)[O-])cc3)N(c3ccc([N+](=O)[O-])cc3)N(c3ccc([N+](=O)[O-])cc3)N=N2)cc1. The average Bonchev–Trinajstić information content (AvgIpc) is 3.00. The second-order valence-electron chi connectivity index (χ2n) is 8.64. The number of anilines is 2. The van der Waals surface area contributed by atoms with Gasteiger partial charge in [0.1, 0.15) is 11.4 Å². The summed E-state index contributed by atoms with van der Waals surface area (Å²) in [7, 11) is 0. The Balaban J connectivity index is 1.75. The van der Waals surface area contributed by atoms with E-state index in [4.69, 9.17) is 0 Å². The first-order valence-electron chi connectivity index (χ1n) is 11.9. The summed E-state index contributed by atoms with van der Waals surface area (Å²) < 4.78 is 0. The van der Waals surface area contributed by atoms with Gasteiger partial charge in [-0.3, -0.25) is 40.5 Å². The number of nitro benzene ring substituents is 4. The average molecular weight is 568 g/mol. The molecule has 0 N–H and O–H groups in total. The van der Waals surface area contributed by atoms with Gasteiger partial charge < -0.3 is 0 Å². The largest absolute Gasteiger partial charge is 0.269 e. The highest BCUT2D eigenvalue weighted by Gasteiger charge is 2.31. The first-order valence-corrected chi connectivity index (χ1v) is 11.9. The van der Waals surface area contributed by atoms with Gasteiger partial charge in [0.2, 0.25) is 0 Å². The maximum absolute atomic E-state index is 11.3. The van der Waals surface area contributed by atoms with Crippen LogP contribution in [-0.2, 0) is 0 Å². The predicted molar refractivity (Wildman–Crippen MR) is 149 cm³/mol. The molecule has 1 aliphatic rings. The molecule has 42 heavy (non-hydrogen) atoms. The zero-order chi connectivity index (χ0) is 30.0. The molecular formula is C26H16N8O8. The van der Waals surface area contributed by atoms with E-state index in [0.717, 1.165) is 0 Å². The number of nitro groups is 4.